The number of anilines is 2. The number of benzene rings is 3. The summed E-state index contributed by atoms with van der Waals surface area (Å²) < 4.78 is 80.5. The van der Waals surface area contributed by atoms with Crippen LogP contribution >= 0.6 is 0 Å². The molecular formula is C35H43F3N4O7S. The Morgan fingerprint density at radius 1 is 0.820 bits per heavy atom. The Bertz CT molecular complexity index is 1710. The molecule has 0 fully saturated rings. The van der Waals surface area contributed by atoms with Gasteiger partial charge >= 0.3 is 12.5 Å². The highest BCUT2D eigenvalue weighted by Gasteiger charge is 2.31. The summed E-state index contributed by atoms with van der Waals surface area (Å²) in [6.45, 7) is 6.78. The van der Waals surface area contributed by atoms with Crippen LogP contribution in [0.3, 0.4) is 0 Å². The van der Waals surface area contributed by atoms with E-state index in [0.717, 1.165) is 66.9 Å². The van der Waals surface area contributed by atoms with E-state index in [-0.39, 0.29) is 17.3 Å². The average Bonchev–Trinajstić information content (AvgIpc) is 3.03. The topological polar surface area (TPSA) is 135 Å². The molecule has 0 saturated heterocycles. The number of nitrogens with one attached hydrogen (secondary N) is 3. The van der Waals surface area contributed by atoms with Crippen LogP contribution in [0.15, 0.2) is 71.6 Å². The van der Waals surface area contributed by atoms with Crippen LogP contribution in [0.4, 0.5) is 29.3 Å². The first-order valence-electron chi connectivity index (χ1n) is 16.4. The zero-order valence-electron chi connectivity index (χ0n) is 28.3. The SMILES string of the molecule is CC(C)(C)OC(=O)NCCCCCCC(=O)NCc1ccc2c(c1)Oc1ccccc1N2CCCNS(=O)(=O)c1ccc(OC(F)(F)F)cc1. The summed E-state index contributed by atoms with van der Waals surface area (Å²) in [6.07, 6.45) is -1.24. The lowest BCUT2D eigenvalue weighted by Crippen LogP contribution is -2.32. The second-order valence-electron chi connectivity index (χ2n) is 12.7. The van der Waals surface area contributed by atoms with Gasteiger partial charge in [0.2, 0.25) is 15.9 Å². The molecule has 50 heavy (non-hydrogen) atoms. The first-order valence-corrected chi connectivity index (χ1v) is 17.8. The fourth-order valence-electron chi connectivity index (χ4n) is 5.13. The summed E-state index contributed by atoms with van der Waals surface area (Å²) in [4.78, 5) is 26.0. The molecule has 1 heterocycles. The van der Waals surface area contributed by atoms with Crippen molar-refractivity contribution in [2.45, 2.75) is 82.7 Å². The summed E-state index contributed by atoms with van der Waals surface area (Å²) >= 11 is 0. The van der Waals surface area contributed by atoms with Crippen LogP contribution in [0.2, 0.25) is 0 Å². The van der Waals surface area contributed by atoms with Gasteiger partial charge in [-0.15, -0.1) is 13.2 Å². The Balaban J connectivity index is 1.24. The number of amides is 2. The van der Waals surface area contributed by atoms with Gasteiger partial charge in [0.05, 0.1) is 16.3 Å². The predicted octanol–water partition coefficient (Wildman–Crippen LogP) is 7.29. The third kappa shape index (κ3) is 12.1. The molecule has 0 spiro atoms. The highest BCUT2D eigenvalue weighted by atomic mass is 32.2. The highest BCUT2D eigenvalue weighted by molar-refractivity contribution is 7.89. The summed E-state index contributed by atoms with van der Waals surface area (Å²) in [5.41, 5.74) is 1.91. The number of rotatable bonds is 16. The van der Waals surface area contributed by atoms with Gasteiger partial charge in [0.25, 0.3) is 0 Å². The number of ether oxygens (including phenoxy) is 3. The van der Waals surface area contributed by atoms with Crippen molar-refractivity contribution in [3.63, 3.8) is 0 Å². The maximum absolute atomic E-state index is 12.7. The van der Waals surface area contributed by atoms with Crippen LogP contribution in [0.25, 0.3) is 0 Å². The molecular weight excluding hydrogens is 677 g/mol. The number of carbonyl (C=O) groups is 2. The van der Waals surface area contributed by atoms with Gasteiger partial charge < -0.3 is 29.7 Å². The molecule has 1 aliphatic heterocycles. The molecule has 4 rings (SSSR count). The minimum atomic E-state index is -4.88. The van der Waals surface area contributed by atoms with E-state index in [2.05, 4.69) is 20.1 Å². The van der Waals surface area contributed by atoms with Gasteiger partial charge in [-0.05, 0) is 94.1 Å². The maximum Gasteiger partial charge on any atom is 0.573 e. The lowest BCUT2D eigenvalue weighted by molar-refractivity contribution is -0.274. The fourth-order valence-corrected chi connectivity index (χ4v) is 6.21. The van der Waals surface area contributed by atoms with Crippen molar-refractivity contribution in [1.82, 2.24) is 15.4 Å². The van der Waals surface area contributed by atoms with Crippen LogP contribution in [-0.2, 0) is 26.1 Å². The fraction of sp³-hybridized carbons (Fsp3) is 0.429. The minimum Gasteiger partial charge on any atom is -0.453 e. The predicted molar refractivity (Wildman–Crippen MR) is 182 cm³/mol. The zero-order valence-corrected chi connectivity index (χ0v) is 29.1. The maximum atomic E-state index is 12.7. The molecule has 0 bridgehead atoms. The Hall–Kier alpha value is -4.50. The van der Waals surface area contributed by atoms with Crippen LogP contribution in [0, 0.1) is 0 Å². The molecule has 15 heteroatoms. The van der Waals surface area contributed by atoms with E-state index in [0.29, 0.717) is 44.0 Å². The number of para-hydroxylation sites is 2. The molecule has 272 valence electrons. The first kappa shape index (κ1) is 38.3. The van der Waals surface area contributed by atoms with Gasteiger partial charge in [-0.3, -0.25) is 4.79 Å². The molecule has 0 aromatic heterocycles. The molecule has 1 aliphatic rings. The minimum absolute atomic E-state index is 0.0597. The third-order valence-corrected chi connectivity index (χ3v) is 8.87. The van der Waals surface area contributed by atoms with Crippen molar-refractivity contribution in [1.29, 1.82) is 0 Å². The number of alkyl halides is 3. The molecule has 3 aromatic carbocycles. The number of hydrogen-bond donors (Lipinski definition) is 3. The van der Waals surface area contributed by atoms with E-state index >= 15 is 0 Å². The van der Waals surface area contributed by atoms with E-state index in [1.165, 1.54) is 0 Å². The molecule has 0 atom stereocenters. The van der Waals surface area contributed by atoms with Crippen molar-refractivity contribution in [3.05, 3.63) is 72.3 Å². The van der Waals surface area contributed by atoms with Crippen LogP contribution < -0.4 is 29.7 Å². The van der Waals surface area contributed by atoms with Gasteiger partial charge in [0.1, 0.15) is 11.4 Å². The summed E-state index contributed by atoms with van der Waals surface area (Å²) in [5, 5.41) is 5.68. The van der Waals surface area contributed by atoms with Crippen molar-refractivity contribution < 1.29 is 45.4 Å². The quantitative estimate of drug-likeness (QED) is 0.131. The molecule has 11 nitrogen and oxygen atoms in total. The monoisotopic (exact) mass is 720 g/mol. The largest absolute Gasteiger partial charge is 0.573 e. The molecule has 0 radical (unpaired) electrons. The number of nitrogens with zero attached hydrogens (tertiary/aromatic N) is 1. The Morgan fingerprint density at radius 3 is 2.24 bits per heavy atom. The number of halogens is 3. The van der Waals surface area contributed by atoms with E-state index in [4.69, 9.17) is 9.47 Å². The van der Waals surface area contributed by atoms with Crippen molar-refractivity contribution in [2.24, 2.45) is 0 Å². The van der Waals surface area contributed by atoms with Crippen LogP contribution in [-0.4, -0.2) is 52.0 Å². The number of hydrogen-bond acceptors (Lipinski definition) is 8. The molecule has 0 unspecified atom stereocenters. The average molecular weight is 721 g/mol. The molecule has 0 aliphatic carbocycles. The number of alkyl carbamates (subject to hydrolysis) is 1. The summed E-state index contributed by atoms with van der Waals surface area (Å²) in [7, 11) is -3.97. The Kier molecular flexibility index (Phi) is 13.0. The number of fused-ring (bicyclic) bond motifs is 2. The van der Waals surface area contributed by atoms with Gasteiger partial charge in [-0.1, -0.05) is 31.0 Å². The molecule has 2 amide bonds. The second kappa shape index (κ2) is 16.9. The lowest BCUT2D eigenvalue weighted by Gasteiger charge is -2.33. The summed E-state index contributed by atoms with van der Waals surface area (Å²) in [5.74, 6) is 0.651. The Morgan fingerprint density at radius 2 is 1.52 bits per heavy atom. The van der Waals surface area contributed by atoms with E-state index in [1.54, 1.807) is 0 Å². The highest BCUT2D eigenvalue weighted by Crippen LogP contribution is 2.46. The molecule has 0 saturated carbocycles. The van der Waals surface area contributed by atoms with Crippen molar-refractivity contribution in [2.75, 3.05) is 24.5 Å². The molecule has 3 N–H and O–H groups in total. The smallest absolute Gasteiger partial charge is 0.453 e. The van der Waals surface area contributed by atoms with Crippen molar-refractivity contribution in [3.8, 4) is 17.2 Å². The number of carbonyl (C=O) groups excluding carboxylic acids is 2. The van der Waals surface area contributed by atoms with E-state index < -0.39 is 33.8 Å². The van der Waals surface area contributed by atoms with Gasteiger partial charge in [-0.2, -0.15) is 0 Å². The molecule has 3 aromatic rings. The third-order valence-electron chi connectivity index (χ3n) is 7.40. The van der Waals surface area contributed by atoms with Crippen molar-refractivity contribution >= 4 is 33.4 Å². The van der Waals surface area contributed by atoms with Gasteiger partial charge in [0.15, 0.2) is 11.5 Å². The van der Waals surface area contributed by atoms with E-state index in [9.17, 15) is 31.2 Å². The number of sulfonamides is 1. The van der Waals surface area contributed by atoms with E-state index in [1.807, 2.05) is 68.1 Å². The lowest BCUT2D eigenvalue weighted by atomic mass is 10.1. The Labute approximate surface area is 290 Å². The zero-order chi connectivity index (χ0) is 36.4. The number of unbranched alkanes of at least 4 members (excludes halogenated alkanes) is 3. The van der Waals surface area contributed by atoms with Crippen LogP contribution in [0.5, 0.6) is 17.2 Å². The van der Waals surface area contributed by atoms with Crippen LogP contribution in [0.1, 0.15) is 64.9 Å². The second-order valence-corrected chi connectivity index (χ2v) is 14.4. The normalized spacial score (nSPS) is 12.7. The first-order chi connectivity index (χ1) is 23.6. The van der Waals surface area contributed by atoms with Gasteiger partial charge in [0, 0.05) is 32.6 Å². The standard InChI is InChI=1S/C35H43F3N4O7S/c1-34(2,3)49-33(44)39-20-9-5-4-6-13-32(43)40-24-25-14-19-29-31(23-25)47-30-12-8-7-11-28(30)42(29)22-10-21-41-50(45,46)27-17-15-26(16-18-27)48-35(36,37)38/h7-8,11-12,14-19,23,41H,4-6,9-10,13,20-22,24H2,1-3H3,(H,39,44)(H,40,43). The summed E-state index contributed by atoms with van der Waals surface area (Å²) in [6, 6.07) is 17.1. The van der Waals surface area contributed by atoms with Gasteiger partial charge in [-0.25, -0.2) is 17.9 Å².